The molecule has 1 aliphatic heterocycles. The van der Waals surface area contributed by atoms with Crippen LogP contribution in [0.4, 0.5) is 0 Å². The predicted molar refractivity (Wildman–Crippen MR) is 67.0 cm³/mol. The molecule has 0 saturated carbocycles. The second kappa shape index (κ2) is 5.50. The highest BCUT2D eigenvalue weighted by atomic mass is 79.9. The fourth-order valence-electron chi connectivity index (χ4n) is 2.31. The van der Waals surface area contributed by atoms with Crippen molar-refractivity contribution in [1.82, 2.24) is 4.90 Å². The lowest BCUT2D eigenvalue weighted by Crippen LogP contribution is -2.38. The molecule has 1 aliphatic rings. The van der Waals surface area contributed by atoms with Crippen LogP contribution in [0.3, 0.4) is 0 Å². The summed E-state index contributed by atoms with van der Waals surface area (Å²) >= 11 is 3.49. The van der Waals surface area contributed by atoms with Crippen LogP contribution in [0.5, 0.6) is 0 Å². The highest BCUT2D eigenvalue weighted by Crippen LogP contribution is 2.34. The number of halogens is 1. The van der Waals surface area contributed by atoms with E-state index in [-0.39, 0.29) is 0 Å². The number of piperidine rings is 1. The molecule has 1 fully saturated rings. The Balaban J connectivity index is 2.24. The number of rotatable bonds is 3. The summed E-state index contributed by atoms with van der Waals surface area (Å²) in [4.78, 5) is 2.61. The standard InChI is InChI=1S/C12H24BrN/c1-12(2,3)11-5-9-14(10-6-11)8-4-7-13/h11H,4-10H2,1-3H3. The SMILES string of the molecule is CC(C)(C)C1CCN(CCCBr)CC1. The maximum absolute atomic E-state index is 3.49. The van der Waals surface area contributed by atoms with Crippen molar-refractivity contribution < 1.29 is 0 Å². The first-order valence-electron chi connectivity index (χ1n) is 5.82. The first-order chi connectivity index (χ1) is 6.54. The largest absolute Gasteiger partial charge is 0.303 e. The minimum absolute atomic E-state index is 0.515. The molecule has 1 saturated heterocycles. The molecule has 0 N–H and O–H groups in total. The molecule has 1 heterocycles. The second-order valence-electron chi connectivity index (χ2n) is 5.52. The minimum atomic E-state index is 0.515. The Bertz CT molecular complexity index is 154. The van der Waals surface area contributed by atoms with Gasteiger partial charge in [0.1, 0.15) is 0 Å². The van der Waals surface area contributed by atoms with Crippen LogP contribution < -0.4 is 0 Å². The van der Waals surface area contributed by atoms with Gasteiger partial charge in [-0.15, -0.1) is 0 Å². The van der Waals surface area contributed by atoms with Gasteiger partial charge in [0.15, 0.2) is 0 Å². The Kier molecular flexibility index (Phi) is 4.92. The zero-order chi connectivity index (χ0) is 10.6. The smallest absolute Gasteiger partial charge is 0.00434 e. The molecule has 0 bridgehead atoms. The Morgan fingerprint density at radius 1 is 1.21 bits per heavy atom. The quantitative estimate of drug-likeness (QED) is 0.703. The molecule has 1 nitrogen and oxygen atoms in total. The molecule has 0 radical (unpaired) electrons. The van der Waals surface area contributed by atoms with Gasteiger partial charge in [-0.05, 0) is 50.2 Å². The maximum Gasteiger partial charge on any atom is 0.00434 e. The van der Waals surface area contributed by atoms with Crippen molar-refractivity contribution in [2.24, 2.45) is 11.3 Å². The summed E-state index contributed by atoms with van der Waals surface area (Å²) in [5, 5.41) is 1.15. The number of alkyl halides is 1. The monoisotopic (exact) mass is 261 g/mol. The Labute approximate surface area is 97.4 Å². The predicted octanol–water partition coefficient (Wildman–Crippen LogP) is 3.53. The van der Waals surface area contributed by atoms with Gasteiger partial charge in [0.05, 0.1) is 0 Å². The summed E-state index contributed by atoms with van der Waals surface area (Å²) in [6.45, 7) is 11.1. The number of hydrogen-bond acceptors (Lipinski definition) is 1. The Morgan fingerprint density at radius 2 is 1.79 bits per heavy atom. The van der Waals surface area contributed by atoms with Crippen LogP contribution in [-0.4, -0.2) is 29.9 Å². The van der Waals surface area contributed by atoms with Gasteiger partial charge in [0.25, 0.3) is 0 Å². The average Bonchev–Trinajstić information content (AvgIpc) is 2.14. The molecular formula is C12H24BrN. The van der Waals surface area contributed by atoms with Gasteiger partial charge in [-0.1, -0.05) is 36.7 Å². The van der Waals surface area contributed by atoms with Gasteiger partial charge in [-0.25, -0.2) is 0 Å². The summed E-state index contributed by atoms with van der Waals surface area (Å²) < 4.78 is 0. The van der Waals surface area contributed by atoms with E-state index in [2.05, 4.69) is 41.6 Å². The van der Waals surface area contributed by atoms with Crippen molar-refractivity contribution in [3.63, 3.8) is 0 Å². The summed E-state index contributed by atoms with van der Waals surface area (Å²) in [5.41, 5.74) is 0.515. The van der Waals surface area contributed by atoms with E-state index in [0.29, 0.717) is 5.41 Å². The van der Waals surface area contributed by atoms with Gasteiger partial charge >= 0.3 is 0 Å². The zero-order valence-electron chi connectivity index (χ0n) is 9.85. The van der Waals surface area contributed by atoms with Gasteiger partial charge in [0.2, 0.25) is 0 Å². The summed E-state index contributed by atoms with van der Waals surface area (Å²) in [6.07, 6.45) is 4.08. The van der Waals surface area contributed by atoms with E-state index in [9.17, 15) is 0 Å². The van der Waals surface area contributed by atoms with E-state index < -0.39 is 0 Å². The fraction of sp³-hybridized carbons (Fsp3) is 1.00. The molecule has 14 heavy (non-hydrogen) atoms. The van der Waals surface area contributed by atoms with E-state index in [1.54, 1.807) is 0 Å². The minimum Gasteiger partial charge on any atom is -0.303 e. The van der Waals surface area contributed by atoms with Crippen LogP contribution in [-0.2, 0) is 0 Å². The molecule has 0 unspecified atom stereocenters. The van der Waals surface area contributed by atoms with Crippen LogP contribution >= 0.6 is 15.9 Å². The number of likely N-dealkylation sites (tertiary alicyclic amines) is 1. The number of hydrogen-bond donors (Lipinski definition) is 0. The third kappa shape index (κ3) is 3.90. The van der Waals surface area contributed by atoms with Crippen LogP contribution in [0.1, 0.15) is 40.0 Å². The molecule has 1 rings (SSSR count). The third-order valence-electron chi connectivity index (χ3n) is 3.42. The van der Waals surface area contributed by atoms with Crippen molar-refractivity contribution in [1.29, 1.82) is 0 Å². The van der Waals surface area contributed by atoms with Crippen LogP contribution in [0.2, 0.25) is 0 Å². The van der Waals surface area contributed by atoms with Crippen molar-refractivity contribution in [3.05, 3.63) is 0 Å². The van der Waals surface area contributed by atoms with E-state index in [0.717, 1.165) is 11.2 Å². The van der Waals surface area contributed by atoms with Crippen molar-refractivity contribution in [2.45, 2.75) is 40.0 Å². The molecule has 0 amide bonds. The Hall–Kier alpha value is 0.440. The molecule has 0 aromatic rings. The first kappa shape index (κ1) is 12.5. The summed E-state index contributed by atoms with van der Waals surface area (Å²) in [7, 11) is 0. The zero-order valence-corrected chi connectivity index (χ0v) is 11.4. The molecule has 0 atom stereocenters. The van der Waals surface area contributed by atoms with Crippen LogP contribution in [0.15, 0.2) is 0 Å². The van der Waals surface area contributed by atoms with Gasteiger partial charge in [-0.2, -0.15) is 0 Å². The fourth-order valence-corrected chi connectivity index (χ4v) is 2.56. The van der Waals surface area contributed by atoms with Gasteiger partial charge in [0, 0.05) is 5.33 Å². The van der Waals surface area contributed by atoms with Crippen molar-refractivity contribution in [3.8, 4) is 0 Å². The third-order valence-corrected chi connectivity index (χ3v) is 3.98. The normalized spacial score (nSPS) is 21.4. The molecule has 0 aromatic carbocycles. The van der Waals surface area contributed by atoms with Crippen molar-refractivity contribution >= 4 is 15.9 Å². The highest BCUT2D eigenvalue weighted by Gasteiger charge is 2.28. The lowest BCUT2D eigenvalue weighted by molar-refractivity contribution is 0.113. The lowest BCUT2D eigenvalue weighted by atomic mass is 9.75. The van der Waals surface area contributed by atoms with Crippen LogP contribution in [0, 0.1) is 11.3 Å². The molecule has 84 valence electrons. The van der Waals surface area contributed by atoms with Gasteiger partial charge < -0.3 is 4.90 Å². The molecular weight excluding hydrogens is 238 g/mol. The number of nitrogens with zero attached hydrogens (tertiary/aromatic N) is 1. The van der Waals surface area contributed by atoms with Crippen molar-refractivity contribution in [2.75, 3.05) is 25.0 Å². The molecule has 0 spiro atoms. The van der Waals surface area contributed by atoms with E-state index in [4.69, 9.17) is 0 Å². The topological polar surface area (TPSA) is 3.24 Å². The Morgan fingerprint density at radius 3 is 2.21 bits per heavy atom. The maximum atomic E-state index is 3.49. The molecule has 0 aromatic heterocycles. The lowest BCUT2D eigenvalue weighted by Gasteiger charge is -2.38. The van der Waals surface area contributed by atoms with Crippen LogP contribution in [0.25, 0.3) is 0 Å². The second-order valence-corrected chi connectivity index (χ2v) is 6.32. The molecule has 0 aliphatic carbocycles. The van der Waals surface area contributed by atoms with E-state index in [1.807, 2.05) is 0 Å². The summed E-state index contributed by atoms with van der Waals surface area (Å²) in [5.74, 6) is 0.933. The van der Waals surface area contributed by atoms with Gasteiger partial charge in [-0.3, -0.25) is 0 Å². The van der Waals surface area contributed by atoms with E-state index >= 15 is 0 Å². The molecule has 2 heteroatoms. The average molecular weight is 262 g/mol. The summed E-state index contributed by atoms with van der Waals surface area (Å²) in [6, 6.07) is 0. The highest BCUT2D eigenvalue weighted by molar-refractivity contribution is 9.09. The van der Waals surface area contributed by atoms with E-state index in [1.165, 1.54) is 38.9 Å². The first-order valence-corrected chi connectivity index (χ1v) is 6.94.